The Hall–Kier alpha value is -0.570. The maximum atomic E-state index is 3.45. The zero-order valence-corrected chi connectivity index (χ0v) is 12.7. The van der Waals surface area contributed by atoms with E-state index in [9.17, 15) is 0 Å². The number of nitrogens with zero attached hydrogens (tertiary/aromatic N) is 1. The molecule has 1 aromatic carbocycles. The first-order valence-electron chi connectivity index (χ1n) is 6.59. The van der Waals surface area contributed by atoms with Crippen LogP contribution in [-0.4, -0.2) is 30.6 Å². The van der Waals surface area contributed by atoms with Crippen LogP contribution in [-0.2, 0) is 6.54 Å². The lowest BCUT2D eigenvalue weighted by atomic mass is 9.98. The minimum atomic E-state index is 0. The van der Waals surface area contributed by atoms with Gasteiger partial charge >= 0.3 is 0 Å². The maximum absolute atomic E-state index is 3.45. The summed E-state index contributed by atoms with van der Waals surface area (Å²) in [6, 6.07) is 5.24. The van der Waals surface area contributed by atoms with Gasteiger partial charge in [0.1, 0.15) is 0 Å². The van der Waals surface area contributed by atoms with Crippen molar-refractivity contribution in [2.24, 2.45) is 0 Å². The van der Waals surface area contributed by atoms with Crippen molar-refractivity contribution in [3.63, 3.8) is 0 Å². The fourth-order valence-electron chi connectivity index (χ4n) is 2.78. The Bertz CT molecular complexity index is 380. The Morgan fingerprint density at radius 2 is 1.83 bits per heavy atom. The number of rotatable bonds is 2. The second-order valence-electron chi connectivity index (χ2n) is 5.40. The highest BCUT2D eigenvalue weighted by atomic mass is 35.5. The van der Waals surface area contributed by atoms with Gasteiger partial charge in [0.15, 0.2) is 0 Å². The predicted octanol–water partition coefficient (Wildman–Crippen LogP) is 2.83. The smallest absolute Gasteiger partial charge is 0.0242 e. The highest BCUT2D eigenvalue weighted by Crippen LogP contribution is 2.19. The Balaban J connectivity index is 0.00000162. The van der Waals surface area contributed by atoms with Crippen LogP contribution in [0.25, 0.3) is 0 Å². The summed E-state index contributed by atoms with van der Waals surface area (Å²) in [5.41, 5.74) is 5.77. The number of nitrogens with one attached hydrogen (secondary N) is 1. The van der Waals surface area contributed by atoms with Crippen LogP contribution in [0, 0.1) is 20.8 Å². The second kappa shape index (κ2) is 6.55. The van der Waals surface area contributed by atoms with Crippen LogP contribution >= 0.6 is 12.4 Å². The van der Waals surface area contributed by atoms with Crippen LogP contribution in [0.2, 0.25) is 0 Å². The van der Waals surface area contributed by atoms with Gasteiger partial charge in [-0.3, -0.25) is 4.90 Å². The molecule has 1 fully saturated rings. The van der Waals surface area contributed by atoms with E-state index in [2.05, 4.69) is 50.0 Å². The number of hydrogen-bond acceptors (Lipinski definition) is 2. The third-order valence-corrected chi connectivity index (χ3v) is 3.84. The SMILES string of the molecule is Cc1cc(C)c(CN2CCNC[C@H]2C)c(C)c1.Cl. The zero-order chi connectivity index (χ0) is 12.4. The van der Waals surface area contributed by atoms with Gasteiger partial charge in [-0.1, -0.05) is 17.7 Å². The van der Waals surface area contributed by atoms with Gasteiger partial charge in [-0.25, -0.2) is 0 Å². The number of benzene rings is 1. The minimum Gasteiger partial charge on any atom is -0.314 e. The third-order valence-electron chi connectivity index (χ3n) is 3.84. The van der Waals surface area contributed by atoms with Crippen LogP contribution in [0.4, 0.5) is 0 Å². The van der Waals surface area contributed by atoms with E-state index < -0.39 is 0 Å². The Morgan fingerprint density at radius 1 is 1.22 bits per heavy atom. The molecule has 3 heteroatoms. The van der Waals surface area contributed by atoms with Gasteiger partial charge in [-0.05, 0) is 44.4 Å². The van der Waals surface area contributed by atoms with Crippen molar-refractivity contribution in [1.29, 1.82) is 0 Å². The van der Waals surface area contributed by atoms with E-state index in [-0.39, 0.29) is 12.4 Å². The van der Waals surface area contributed by atoms with E-state index in [1.165, 1.54) is 22.3 Å². The molecule has 0 spiro atoms. The Labute approximate surface area is 117 Å². The normalized spacial score (nSPS) is 20.6. The van der Waals surface area contributed by atoms with Gasteiger partial charge in [0, 0.05) is 32.2 Å². The highest BCUT2D eigenvalue weighted by Gasteiger charge is 2.19. The average molecular weight is 269 g/mol. The molecule has 0 aliphatic carbocycles. The summed E-state index contributed by atoms with van der Waals surface area (Å²) in [6.45, 7) is 13.5. The van der Waals surface area contributed by atoms with E-state index in [4.69, 9.17) is 0 Å². The van der Waals surface area contributed by atoms with E-state index in [1.54, 1.807) is 0 Å². The summed E-state index contributed by atoms with van der Waals surface area (Å²) in [5.74, 6) is 0. The molecule has 0 amide bonds. The largest absolute Gasteiger partial charge is 0.314 e. The molecule has 1 N–H and O–H groups in total. The summed E-state index contributed by atoms with van der Waals surface area (Å²) in [6.07, 6.45) is 0. The highest BCUT2D eigenvalue weighted by molar-refractivity contribution is 5.85. The standard InChI is InChI=1S/C15H24N2.ClH/c1-11-7-12(2)15(13(3)8-11)10-17-6-5-16-9-14(17)4;/h7-8,14,16H,5-6,9-10H2,1-4H3;1H/t14-;/m1./s1. The summed E-state index contributed by atoms with van der Waals surface area (Å²) in [7, 11) is 0. The van der Waals surface area contributed by atoms with Crippen molar-refractivity contribution < 1.29 is 0 Å². The average Bonchev–Trinajstić information content (AvgIpc) is 2.25. The molecule has 1 aliphatic heterocycles. The lowest BCUT2D eigenvalue weighted by Gasteiger charge is -2.34. The number of halogens is 1. The van der Waals surface area contributed by atoms with Crippen molar-refractivity contribution in [3.8, 4) is 0 Å². The molecule has 1 heterocycles. The molecule has 1 aliphatic rings. The fourth-order valence-corrected chi connectivity index (χ4v) is 2.78. The number of aryl methyl sites for hydroxylation is 3. The number of piperazine rings is 1. The molecule has 102 valence electrons. The first-order chi connectivity index (χ1) is 8.08. The molecule has 2 nitrogen and oxygen atoms in total. The summed E-state index contributed by atoms with van der Waals surface area (Å²) in [4.78, 5) is 2.58. The molecule has 1 atom stereocenters. The lowest BCUT2D eigenvalue weighted by Crippen LogP contribution is -2.49. The van der Waals surface area contributed by atoms with Crippen LogP contribution in [0.1, 0.15) is 29.2 Å². The Morgan fingerprint density at radius 3 is 2.39 bits per heavy atom. The molecule has 18 heavy (non-hydrogen) atoms. The molecule has 0 radical (unpaired) electrons. The molecular weight excluding hydrogens is 244 g/mol. The molecule has 0 bridgehead atoms. The maximum Gasteiger partial charge on any atom is 0.0242 e. The van der Waals surface area contributed by atoms with Gasteiger partial charge < -0.3 is 5.32 Å². The van der Waals surface area contributed by atoms with E-state index in [0.717, 1.165) is 26.2 Å². The number of hydrogen-bond donors (Lipinski definition) is 1. The molecule has 0 saturated carbocycles. The molecule has 0 aromatic heterocycles. The van der Waals surface area contributed by atoms with Gasteiger partial charge in [0.25, 0.3) is 0 Å². The van der Waals surface area contributed by atoms with Crippen LogP contribution < -0.4 is 5.32 Å². The van der Waals surface area contributed by atoms with E-state index >= 15 is 0 Å². The van der Waals surface area contributed by atoms with Crippen molar-refractivity contribution in [3.05, 3.63) is 34.4 Å². The lowest BCUT2D eigenvalue weighted by molar-refractivity contribution is 0.165. The molecular formula is C15H25ClN2. The van der Waals surface area contributed by atoms with Crippen LogP contribution in [0.15, 0.2) is 12.1 Å². The summed E-state index contributed by atoms with van der Waals surface area (Å²) >= 11 is 0. The summed E-state index contributed by atoms with van der Waals surface area (Å²) in [5, 5.41) is 3.45. The zero-order valence-electron chi connectivity index (χ0n) is 11.9. The first kappa shape index (κ1) is 15.5. The predicted molar refractivity (Wildman–Crippen MR) is 80.6 cm³/mol. The molecule has 1 aromatic rings. The minimum absolute atomic E-state index is 0. The van der Waals surface area contributed by atoms with Crippen LogP contribution in [0.5, 0.6) is 0 Å². The third kappa shape index (κ3) is 3.47. The van der Waals surface area contributed by atoms with Gasteiger partial charge in [0.2, 0.25) is 0 Å². The molecule has 2 rings (SSSR count). The monoisotopic (exact) mass is 268 g/mol. The van der Waals surface area contributed by atoms with Crippen molar-refractivity contribution >= 4 is 12.4 Å². The Kier molecular flexibility index (Phi) is 5.64. The van der Waals surface area contributed by atoms with Gasteiger partial charge in [0.05, 0.1) is 0 Å². The van der Waals surface area contributed by atoms with Crippen LogP contribution in [0.3, 0.4) is 0 Å². The quantitative estimate of drug-likeness (QED) is 0.887. The van der Waals surface area contributed by atoms with Crippen molar-refractivity contribution in [2.45, 2.75) is 40.3 Å². The van der Waals surface area contributed by atoms with Gasteiger partial charge in [-0.15, -0.1) is 12.4 Å². The van der Waals surface area contributed by atoms with Gasteiger partial charge in [-0.2, -0.15) is 0 Å². The molecule has 0 unspecified atom stereocenters. The van der Waals surface area contributed by atoms with E-state index in [0.29, 0.717) is 6.04 Å². The van der Waals surface area contributed by atoms with Crippen molar-refractivity contribution in [1.82, 2.24) is 10.2 Å². The first-order valence-corrected chi connectivity index (χ1v) is 6.59. The van der Waals surface area contributed by atoms with Crippen molar-refractivity contribution in [2.75, 3.05) is 19.6 Å². The molecule has 1 saturated heterocycles. The fraction of sp³-hybridized carbons (Fsp3) is 0.600. The topological polar surface area (TPSA) is 15.3 Å². The van der Waals surface area contributed by atoms with E-state index in [1.807, 2.05) is 0 Å². The second-order valence-corrected chi connectivity index (χ2v) is 5.40. The summed E-state index contributed by atoms with van der Waals surface area (Å²) < 4.78 is 0.